The van der Waals surface area contributed by atoms with Crippen molar-refractivity contribution in [3.63, 3.8) is 0 Å². The summed E-state index contributed by atoms with van der Waals surface area (Å²) in [5, 5.41) is 7.87. The molecule has 84 valence electrons. The van der Waals surface area contributed by atoms with Crippen molar-refractivity contribution in [3.05, 3.63) is 18.0 Å². The van der Waals surface area contributed by atoms with Gasteiger partial charge >= 0.3 is 0 Å². The van der Waals surface area contributed by atoms with E-state index in [1.54, 1.807) is 0 Å². The lowest BCUT2D eigenvalue weighted by Gasteiger charge is -2.30. The van der Waals surface area contributed by atoms with Gasteiger partial charge in [-0.1, -0.05) is 12.8 Å². The maximum absolute atomic E-state index is 4.56. The highest BCUT2D eigenvalue weighted by Gasteiger charge is 2.27. The van der Waals surface area contributed by atoms with E-state index in [0.29, 0.717) is 5.92 Å². The van der Waals surface area contributed by atoms with Gasteiger partial charge < -0.3 is 5.32 Å². The fourth-order valence-electron chi connectivity index (χ4n) is 2.73. The smallest absolute Gasteiger partial charge is 0.0658 e. The molecule has 2 atom stereocenters. The topological polar surface area (TPSA) is 29.9 Å². The number of rotatable bonds is 3. The van der Waals surface area contributed by atoms with Gasteiger partial charge in [0.05, 0.1) is 5.69 Å². The third-order valence-electron chi connectivity index (χ3n) is 3.49. The zero-order chi connectivity index (χ0) is 10.7. The van der Waals surface area contributed by atoms with Crippen LogP contribution in [0.15, 0.2) is 12.3 Å². The first-order valence-electron chi connectivity index (χ1n) is 5.95. The van der Waals surface area contributed by atoms with Gasteiger partial charge in [-0.2, -0.15) is 5.10 Å². The van der Waals surface area contributed by atoms with Crippen molar-refractivity contribution in [1.82, 2.24) is 15.1 Å². The standard InChI is InChI=1S/C12H21N3/c1-13-9-10-5-3-4-6-11(10)12-7-8-15(2)14-12/h7-8,10-11,13H,3-6,9H2,1-2H3. The van der Waals surface area contributed by atoms with Gasteiger partial charge in [0.25, 0.3) is 0 Å². The van der Waals surface area contributed by atoms with Gasteiger partial charge in [-0.05, 0) is 38.4 Å². The Hall–Kier alpha value is -0.830. The fraction of sp³-hybridized carbons (Fsp3) is 0.750. The monoisotopic (exact) mass is 207 g/mol. The molecule has 1 aromatic heterocycles. The molecule has 0 aliphatic heterocycles. The van der Waals surface area contributed by atoms with Crippen LogP contribution in [0.4, 0.5) is 0 Å². The first kappa shape index (κ1) is 10.7. The zero-order valence-electron chi connectivity index (χ0n) is 9.74. The second-order valence-corrected chi connectivity index (χ2v) is 4.62. The normalized spacial score (nSPS) is 26.8. The molecule has 0 spiro atoms. The zero-order valence-corrected chi connectivity index (χ0v) is 9.74. The summed E-state index contributed by atoms with van der Waals surface area (Å²) in [6.07, 6.45) is 7.46. The Kier molecular flexibility index (Phi) is 3.41. The molecule has 1 N–H and O–H groups in total. The van der Waals surface area contributed by atoms with Crippen molar-refractivity contribution in [2.75, 3.05) is 13.6 Å². The third-order valence-corrected chi connectivity index (χ3v) is 3.49. The Morgan fingerprint density at radius 3 is 2.93 bits per heavy atom. The maximum atomic E-state index is 4.56. The number of aryl methyl sites for hydroxylation is 1. The molecule has 0 bridgehead atoms. The summed E-state index contributed by atoms with van der Waals surface area (Å²) >= 11 is 0. The van der Waals surface area contributed by atoms with Crippen LogP contribution in [-0.2, 0) is 7.05 Å². The molecule has 0 radical (unpaired) electrons. The van der Waals surface area contributed by atoms with E-state index in [9.17, 15) is 0 Å². The molecule has 0 amide bonds. The summed E-state index contributed by atoms with van der Waals surface area (Å²) in [5.74, 6) is 1.45. The van der Waals surface area contributed by atoms with Crippen LogP contribution in [0.3, 0.4) is 0 Å². The number of hydrogen-bond acceptors (Lipinski definition) is 2. The number of nitrogens with zero attached hydrogens (tertiary/aromatic N) is 2. The SMILES string of the molecule is CNCC1CCCCC1c1ccn(C)n1. The molecule has 1 aliphatic carbocycles. The van der Waals surface area contributed by atoms with Gasteiger partial charge in [0.15, 0.2) is 0 Å². The molecule has 15 heavy (non-hydrogen) atoms. The highest BCUT2D eigenvalue weighted by molar-refractivity contribution is 5.09. The van der Waals surface area contributed by atoms with E-state index < -0.39 is 0 Å². The summed E-state index contributed by atoms with van der Waals surface area (Å²) in [4.78, 5) is 0. The summed E-state index contributed by atoms with van der Waals surface area (Å²) in [5.41, 5.74) is 1.29. The predicted octanol–water partition coefficient (Wildman–Crippen LogP) is 1.91. The maximum Gasteiger partial charge on any atom is 0.0658 e. The largest absolute Gasteiger partial charge is 0.319 e. The van der Waals surface area contributed by atoms with Crippen LogP contribution < -0.4 is 5.32 Å². The second kappa shape index (κ2) is 4.79. The Bertz CT molecular complexity index is 304. The van der Waals surface area contributed by atoms with Crippen LogP contribution in [0, 0.1) is 5.92 Å². The van der Waals surface area contributed by atoms with E-state index in [1.165, 1.54) is 31.4 Å². The van der Waals surface area contributed by atoms with Crippen molar-refractivity contribution in [1.29, 1.82) is 0 Å². The number of nitrogens with one attached hydrogen (secondary N) is 1. The average molecular weight is 207 g/mol. The van der Waals surface area contributed by atoms with Gasteiger partial charge in [-0.25, -0.2) is 0 Å². The van der Waals surface area contributed by atoms with E-state index in [1.807, 2.05) is 18.8 Å². The van der Waals surface area contributed by atoms with Crippen LogP contribution in [0.25, 0.3) is 0 Å². The highest BCUT2D eigenvalue weighted by atomic mass is 15.2. The molecule has 1 aromatic rings. The van der Waals surface area contributed by atoms with E-state index in [-0.39, 0.29) is 0 Å². The Balaban J connectivity index is 2.10. The Labute approximate surface area is 91.9 Å². The second-order valence-electron chi connectivity index (χ2n) is 4.62. The van der Waals surface area contributed by atoms with E-state index >= 15 is 0 Å². The molecule has 1 fully saturated rings. The molecule has 1 saturated carbocycles. The number of hydrogen-bond donors (Lipinski definition) is 1. The van der Waals surface area contributed by atoms with Crippen molar-refractivity contribution < 1.29 is 0 Å². The van der Waals surface area contributed by atoms with E-state index in [4.69, 9.17) is 0 Å². The van der Waals surface area contributed by atoms with Gasteiger partial charge in [0, 0.05) is 19.2 Å². The Morgan fingerprint density at radius 1 is 1.47 bits per heavy atom. The minimum Gasteiger partial charge on any atom is -0.319 e. The molecule has 0 saturated heterocycles. The minimum atomic E-state index is 0.674. The lowest BCUT2D eigenvalue weighted by molar-refractivity contribution is 0.295. The summed E-state index contributed by atoms with van der Waals surface area (Å²) < 4.78 is 1.92. The van der Waals surface area contributed by atoms with Crippen LogP contribution in [0.5, 0.6) is 0 Å². The molecule has 3 heteroatoms. The lowest BCUT2D eigenvalue weighted by atomic mass is 9.77. The quantitative estimate of drug-likeness (QED) is 0.820. The van der Waals surface area contributed by atoms with Gasteiger partial charge in [-0.15, -0.1) is 0 Å². The van der Waals surface area contributed by atoms with Crippen molar-refractivity contribution >= 4 is 0 Å². The first-order valence-corrected chi connectivity index (χ1v) is 5.95. The molecular formula is C12H21N3. The van der Waals surface area contributed by atoms with Crippen LogP contribution >= 0.6 is 0 Å². The van der Waals surface area contributed by atoms with Gasteiger partial charge in [-0.3, -0.25) is 4.68 Å². The summed E-state index contributed by atoms with van der Waals surface area (Å²) in [6, 6.07) is 2.18. The minimum absolute atomic E-state index is 0.674. The molecule has 2 unspecified atom stereocenters. The lowest BCUT2D eigenvalue weighted by Crippen LogP contribution is -2.27. The molecular weight excluding hydrogens is 186 g/mol. The van der Waals surface area contributed by atoms with Gasteiger partial charge in [0.1, 0.15) is 0 Å². The predicted molar refractivity (Wildman–Crippen MR) is 61.8 cm³/mol. The average Bonchev–Trinajstić information content (AvgIpc) is 2.66. The highest BCUT2D eigenvalue weighted by Crippen LogP contribution is 2.36. The van der Waals surface area contributed by atoms with E-state index in [0.717, 1.165) is 12.5 Å². The Morgan fingerprint density at radius 2 is 2.27 bits per heavy atom. The van der Waals surface area contributed by atoms with Gasteiger partial charge in [0.2, 0.25) is 0 Å². The molecule has 0 aromatic carbocycles. The summed E-state index contributed by atoms with van der Waals surface area (Å²) in [6.45, 7) is 1.13. The third kappa shape index (κ3) is 2.40. The van der Waals surface area contributed by atoms with Crippen LogP contribution in [-0.4, -0.2) is 23.4 Å². The van der Waals surface area contributed by atoms with Crippen molar-refractivity contribution in [2.45, 2.75) is 31.6 Å². The summed E-state index contributed by atoms with van der Waals surface area (Å²) in [7, 11) is 4.05. The van der Waals surface area contributed by atoms with Crippen molar-refractivity contribution in [3.8, 4) is 0 Å². The van der Waals surface area contributed by atoms with Crippen LogP contribution in [0.2, 0.25) is 0 Å². The van der Waals surface area contributed by atoms with Crippen molar-refractivity contribution in [2.24, 2.45) is 13.0 Å². The number of aromatic nitrogens is 2. The molecule has 1 heterocycles. The first-order chi connectivity index (χ1) is 7.31. The molecule has 2 rings (SSSR count). The fourth-order valence-corrected chi connectivity index (χ4v) is 2.73. The molecule has 1 aliphatic rings. The van der Waals surface area contributed by atoms with Crippen LogP contribution in [0.1, 0.15) is 37.3 Å². The van der Waals surface area contributed by atoms with E-state index in [2.05, 4.69) is 22.7 Å². The molecule has 3 nitrogen and oxygen atoms in total.